The summed E-state index contributed by atoms with van der Waals surface area (Å²) < 4.78 is 11.7. The second kappa shape index (κ2) is 10.2. The fourth-order valence-electron chi connectivity index (χ4n) is 2.85. The standard InChI is InChI=1S/C23H21Cl2NO4/c1-2-29-21-11-16(13-26-20-12-17(23(27)28)8-9-18(20)24)10-19(25)22(21)30-14-15-6-4-3-5-7-15/h3-12,26H,2,13-14H2,1H3,(H,27,28). The summed E-state index contributed by atoms with van der Waals surface area (Å²) in [4.78, 5) is 11.2. The van der Waals surface area contributed by atoms with Gasteiger partial charge in [-0.3, -0.25) is 0 Å². The third-order valence-corrected chi connectivity index (χ3v) is 4.90. The van der Waals surface area contributed by atoms with Gasteiger partial charge in [0.15, 0.2) is 11.5 Å². The van der Waals surface area contributed by atoms with Crippen molar-refractivity contribution in [2.75, 3.05) is 11.9 Å². The van der Waals surface area contributed by atoms with E-state index in [0.717, 1.165) is 11.1 Å². The van der Waals surface area contributed by atoms with Crippen LogP contribution in [0.5, 0.6) is 11.5 Å². The topological polar surface area (TPSA) is 67.8 Å². The van der Waals surface area contributed by atoms with Gasteiger partial charge >= 0.3 is 5.97 Å². The van der Waals surface area contributed by atoms with Crippen molar-refractivity contribution in [2.24, 2.45) is 0 Å². The number of halogens is 2. The Balaban J connectivity index is 1.78. The lowest BCUT2D eigenvalue weighted by molar-refractivity contribution is 0.0697. The molecule has 3 aromatic carbocycles. The zero-order valence-electron chi connectivity index (χ0n) is 16.3. The molecule has 156 valence electrons. The molecule has 0 fully saturated rings. The lowest BCUT2D eigenvalue weighted by Gasteiger charge is -2.16. The largest absolute Gasteiger partial charge is 0.490 e. The summed E-state index contributed by atoms with van der Waals surface area (Å²) >= 11 is 12.7. The van der Waals surface area contributed by atoms with Crippen LogP contribution in [0, 0.1) is 0 Å². The van der Waals surface area contributed by atoms with E-state index in [0.29, 0.717) is 47.0 Å². The highest BCUT2D eigenvalue weighted by Gasteiger charge is 2.14. The van der Waals surface area contributed by atoms with Gasteiger partial charge in [0.2, 0.25) is 0 Å². The van der Waals surface area contributed by atoms with E-state index in [1.807, 2.05) is 43.3 Å². The number of hydrogen-bond donors (Lipinski definition) is 2. The van der Waals surface area contributed by atoms with E-state index in [1.54, 1.807) is 12.1 Å². The van der Waals surface area contributed by atoms with Crippen LogP contribution >= 0.6 is 23.2 Å². The highest BCUT2D eigenvalue weighted by molar-refractivity contribution is 6.33. The van der Waals surface area contributed by atoms with E-state index in [-0.39, 0.29) is 5.56 Å². The molecule has 2 N–H and O–H groups in total. The number of rotatable bonds is 9. The van der Waals surface area contributed by atoms with E-state index in [9.17, 15) is 4.79 Å². The van der Waals surface area contributed by atoms with E-state index in [4.69, 9.17) is 37.8 Å². The van der Waals surface area contributed by atoms with Gasteiger partial charge in [-0.15, -0.1) is 0 Å². The number of nitrogens with one attached hydrogen (secondary N) is 1. The van der Waals surface area contributed by atoms with Gasteiger partial charge < -0.3 is 19.9 Å². The van der Waals surface area contributed by atoms with Crippen molar-refractivity contribution >= 4 is 34.9 Å². The smallest absolute Gasteiger partial charge is 0.335 e. The third-order valence-electron chi connectivity index (χ3n) is 4.29. The minimum atomic E-state index is -1.02. The van der Waals surface area contributed by atoms with Crippen LogP contribution in [0.15, 0.2) is 60.7 Å². The number of carboxylic acids is 1. The van der Waals surface area contributed by atoms with Crippen LogP contribution in [0.25, 0.3) is 0 Å². The van der Waals surface area contributed by atoms with E-state index in [1.165, 1.54) is 12.1 Å². The Kier molecular flexibility index (Phi) is 7.44. The van der Waals surface area contributed by atoms with Crippen molar-refractivity contribution in [1.29, 1.82) is 0 Å². The second-order valence-electron chi connectivity index (χ2n) is 6.47. The Hall–Kier alpha value is -2.89. The maximum absolute atomic E-state index is 11.2. The van der Waals surface area contributed by atoms with Crippen LogP contribution in [0.4, 0.5) is 5.69 Å². The zero-order valence-corrected chi connectivity index (χ0v) is 17.8. The molecule has 0 aliphatic rings. The van der Waals surface area contributed by atoms with Crippen LogP contribution in [-0.4, -0.2) is 17.7 Å². The molecule has 0 unspecified atom stereocenters. The fraction of sp³-hybridized carbons (Fsp3) is 0.174. The molecule has 3 aromatic rings. The number of carbonyl (C=O) groups is 1. The SMILES string of the molecule is CCOc1cc(CNc2cc(C(=O)O)ccc2Cl)cc(Cl)c1OCc1ccccc1. The van der Waals surface area contributed by atoms with Crippen LogP contribution in [0.3, 0.4) is 0 Å². The molecule has 0 aliphatic heterocycles. The van der Waals surface area contributed by atoms with Crippen molar-refractivity contribution in [3.8, 4) is 11.5 Å². The first kappa shape index (κ1) is 21.8. The molecule has 5 nitrogen and oxygen atoms in total. The fourth-order valence-corrected chi connectivity index (χ4v) is 3.32. The molecule has 7 heteroatoms. The lowest BCUT2D eigenvalue weighted by Crippen LogP contribution is -2.05. The van der Waals surface area contributed by atoms with Gasteiger partial charge in [-0.1, -0.05) is 53.5 Å². The van der Waals surface area contributed by atoms with Crippen molar-refractivity contribution in [3.05, 3.63) is 87.4 Å². The molecule has 0 radical (unpaired) electrons. The summed E-state index contributed by atoms with van der Waals surface area (Å²) in [6, 6.07) is 17.9. The maximum atomic E-state index is 11.2. The van der Waals surface area contributed by atoms with Crippen molar-refractivity contribution < 1.29 is 19.4 Å². The van der Waals surface area contributed by atoms with E-state index < -0.39 is 5.97 Å². The summed E-state index contributed by atoms with van der Waals surface area (Å²) in [5.74, 6) is 0.0106. The van der Waals surface area contributed by atoms with Gasteiger partial charge in [-0.2, -0.15) is 0 Å². The normalized spacial score (nSPS) is 10.5. The number of ether oxygens (including phenoxy) is 2. The molecule has 3 rings (SSSR count). The summed E-state index contributed by atoms with van der Waals surface area (Å²) in [5, 5.41) is 13.2. The highest BCUT2D eigenvalue weighted by atomic mass is 35.5. The summed E-state index contributed by atoms with van der Waals surface area (Å²) in [5.41, 5.74) is 2.54. The first-order valence-corrected chi connectivity index (χ1v) is 10.1. The van der Waals surface area contributed by atoms with E-state index >= 15 is 0 Å². The maximum Gasteiger partial charge on any atom is 0.335 e. The number of benzene rings is 3. The molecule has 0 aromatic heterocycles. The Morgan fingerprint density at radius 2 is 1.73 bits per heavy atom. The molecule has 0 bridgehead atoms. The van der Waals surface area contributed by atoms with Crippen LogP contribution in [0.1, 0.15) is 28.4 Å². The molecular formula is C23H21Cl2NO4. The number of aromatic carboxylic acids is 1. The first-order chi connectivity index (χ1) is 14.5. The Labute approximate surface area is 185 Å². The minimum absolute atomic E-state index is 0.152. The molecule has 0 spiro atoms. The Bertz CT molecular complexity index is 1030. The highest BCUT2D eigenvalue weighted by Crippen LogP contribution is 2.37. The molecule has 0 saturated carbocycles. The monoisotopic (exact) mass is 445 g/mol. The van der Waals surface area contributed by atoms with Gasteiger partial charge in [0.05, 0.1) is 27.9 Å². The molecule has 0 atom stereocenters. The quantitative estimate of drug-likeness (QED) is 0.405. The Morgan fingerprint density at radius 1 is 0.967 bits per heavy atom. The average molecular weight is 446 g/mol. The number of hydrogen-bond acceptors (Lipinski definition) is 4. The van der Waals surface area contributed by atoms with Crippen LogP contribution in [0.2, 0.25) is 10.0 Å². The molecule has 0 heterocycles. The molecular weight excluding hydrogens is 425 g/mol. The lowest BCUT2D eigenvalue weighted by atomic mass is 10.1. The minimum Gasteiger partial charge on any atom is -0.490 e. The Morgan fingerprint density at radius 3 is 2.43 bits per heavy atom. The van der Waals surface area contributed by atoms with Gasteiger partial charge in [-0.05, 0) is 48.4 Å². The van der Waals surface area contributed by atoms with Crippen molar-refractivity contribution in [3.63, 3.8) is 0 Å². The second-order valence-corrected chi connectivity index (χ2v) is 7.28. The third kappa shape index (κ3) is 5.59. The number of carboxylic acid groups (broad SMARTS) is 1. The van der Waals surface area contributed by atoms with Crippen LogP contribution in [-0.2, 0) is 13.2 Å². The van der Waals surface area contributed by atoms with Gasteiger partial charge in [0.1, 0.15) is 6.61 Å². The number of anilines is 1. The average Bonchev–Trinajstić information content (AvgIpc) is 2.73. The first-order valence-electron chi connectivity index (χ1n) is 9.36. The zero-order chi connectivity index (χ0) is 21.5. The van der Waals surface area contributed by atoms with Gasteiger partial charge in [0.25, 0.3) is 0 Å². The molecule has 0 saturated heterocycles. The predicted octanol–water partition coefficient (Wildman–Crippen LogP) is 6.28. The van der Waals surface area contributed by atoms with Gasteiger partial charge in [0, 0.05) is 6.54 Å². The summed E-state index contributed by atoms with van der Waals surface area (Å²) in [6.07, 6.45) is 0. The van der Waals surface area contributed by atoms with Crippen molar-refractivity contribution in [1.82, 2.24) is 0 Å². The molecule has 0 aliphatic carbocycles. The summed E-state index contributed by atoms with van der Waals surface area (Å²) in [7, 11) is 0. The van der Waals surface area contributed by atoms with Crippen molar-refractivity contribution in [2.45, 2.75) is 20.1 Å². The molecule has 30 heavy (non-hydrogen) atoms. The predicted molar refractivity (Wildman–Crippen MR) is 119 cm³/mol. The van der Waals surface area contributed by atoms with Gasteiger partial charge in [-0.25, -0.2) is 4.79 Å². The van der Waals surface area contributed by atoms with E-state index in [2.05, 4.69) is 5.32 Å². The summed E-state index contributed by atoms with van der Waals surface area (Å²) in [6.45, 7) is 3.09. The van der Waals surface area contributed by atoms with Crippen LogP contribution < -0.4 is 14.8 Å². The molecule has 0 amide bonds.